The van der Waals surface area contributed by atoms with E-state index in [-0.39, 0.29) is 19.7 Å². The Bertz CT molecular complexity index is 884. The maximum Gasteiger partial charge on any atom is 0.130 e. The molecule has 29 heavy (non-hydrogen) atoms. The Morgan fingerprint density at radius 1 is 1.03 bits per heavy atom. The number of benzene rings is 2. The average molecular weight is 403 g/mol. The van der Waals surface area contributed by atoms with Crippen molar-refractivity contribution in [1.29, 1.82) is 0 Å². The Morgan fingerprint density at radius 2 is 1.79 bits per heavy atom. The van der Waals surface area contributed by atoms with Crippen molar-refractivity contribution in [2.45, 2.75) is 19.2 Å². The topological polar surface area (TPSA) is 55.1 Å². The van der Waals surface area contributed by atoms with E-state index in [0.29, 0.717) is 29.4 Å². The van der Waals surface area contributed by atoms with Crippen LogP contribution in [0.3, 0.4) is 0 Å². The third-order valence-corrected chi connectivity index (χ3v) is 4.34. The molecular weight excluding hydrogens is 380 g/mol. The predicted molar refractivity (Wildman–Crippen MR) is 104 cm³/mol. The maximum absolute atomic E-state index is 14.1. The second-order valence-electron chi connectivity index (χ2n) is 6.63. The van der Waals surface area contributed by atoms with Gasteiger partial charge in [0.2, 0.25) is 0 Å². The summed E-state index contributed by atoms with van der Waals surface area (Å²) in [4.78, 5) is 1.82. The Morgan fingerprint density at radius 3 is 2.45 bits per heavy atom. The Labute approximate surface area is 168 Å². The van der Waals surface area contributed by atoms with Gasteiger partial charge in [-0.05, 0) is 42.5 Å². The fourth-order valence-electron chi connectivity index (χ4n) is 2.91. The van der Waals surface area contributed by atoms with Crippen molar-refractivity contribution >= 4 is 0 Å². The molecule has 2 aromatic carbocycles. The fraction of sp³-hybridized carbons (Fsp3) is 0.273. The molecule has 3 aromatic rings. The Kier molecular flexibility index (Phi) is 7.21. The van der Waals surface area contributed by atoms with Crippen molar-refractivity contribution < 1.29 is 27.8 Å². The van der Waals surface area contributed by atoms with Crippen molar-refractivity contribution in [1.82, 2.24) is 4.90 Å². The molecule has 0 spiro atoms. The predicted octanol–water partition coefficient (Wildman–Crippen LogP) is 4.01. The molecule has 0 saturated heterocycles. The van der Waals surface area contributed by atoms with E-state index in [9.17, 15) is 13.9 Å². The summed E-state index contributed by atoms with van der Waals surface area (Å²) in [7, 11) is 1.58. The molecule has 0 aliphatic rings. The van der Waals surface area contributed by atoms with Gasteiger partial charge in [0, 0.05) is 24.7 Å². The molecule has 154 valence electrons. The van der Waals surface area contributed by atoms with Crippen molar-refractivity contribution in [2.75, 3.05) is 20.3 Å². The van der Waals surface area contributed by atoms with Crippen LogP contribution in [0.5, 0.6) is 11.5 Å². The minimum Gasteiger partial charge on any atom is -0.497 e. The maximum atomic E-state index is 14.1. The number of nitrogens with zero attached hydrogens (tertiary/aromatic N) is 1. The SMILES string of the molecule is COc1ccc(OCC(O)CN(Cc2ccco2)Cc2ccc(F)cc2F)cc1. The molecule has 3 rings (SSSR count). The molecule has 0 bridgehead atoms. The van der Waals surface area contributed by atoms with Gasteiger partial charge in [-0.2, -0.15) is 0 Å². The molecule has 0 saturated carbocycles. The van der Waals surface area contributed by atoms with Crippen LogP contribution >= 0.6 is 0 Å². The zero-order valence-electron chi connectivity index (χ0n) is 16.1. The van der Waals surface area contributed by atoms with Crippen molar-refractivity contribution in [3.05, 3.63) is 83.8 Å². The van der Waals surface area contributed by atoms with Crippen LogP contribution < -0.4 is 9.47 Å². The van der Waals surface area contributed by atoms with Gasteiger partial charge < -0.3 is 19.0 Å². The first-order chi connectivity index (χ1) is 14.0. The quantitative estimate of drug-likeness (QED) is 0.554. The van der Waals surface area contributed by atoms with Gasteiger partial charge >= 0.3 is 0 Å². The third kappa shape index (κ3) is 6.30. The molecule has 1 unspecified atom stereocenters. The van der Waals surface area contributed by atoms with Gasteiger partial charge in [-0.3, -0.25) is 4.90 Å². The first-order valence-electron chi connectivity index (χ1n) is 9.17. The summed E-state index contributed by atoms with van der Waals surface area (Å²) in [5, 5.41) is 10.4. The average Bonchev–Trinajstić information content (AvgIpc) is 3.22. The van der Waals surface area contributed by atoms with Crippen molar-refractivity contribution in [3.8, 4) is 11.5 Å². The molecule has 0 fully saturated rings. The van der Waals surface area contributed by atoms with Gasteiger partial charge in [0.05, 0.1) is 19.9 Å². The fourth-order valence-corrected chi connectivity index (χ4v) is 2.91. The molecule has 0 aliphatic carbocycles. The van der Waals surface area contributed by atoms with Gasteiger partial charge in [-0.15, -0.1) is 0 Å². The van der Waals surface area contributed by atoms with Crippen molar-refractivity contribution in [2.24, 2.45) is 0 Å². The molecule has 0 radical (unpaired) electrons. The number of halogens is 2. The van der Waals surface area contributed by atoms with E-state index in [1.54, 1.807) is 49.8 Å². The van der Waals surface area contributed by atoms with Crippen molar-refractivity contribution in [3.63, 3.8) is 0 Å². The number of aliphatic hydroxyl groups is 1. The number of hydrogen-bond donors (Lipinski definition) is 1. The molecule has 1 atom stereocenters. The Hall–Kier alpha value is -2.90. The highest BCUT2D eigenvalue weighted by Gasteiger charge is 2.17. The van der Waals surface area contributed by atoms with Crippen LogP contribution in [0.2, 0.25) is 0 Å². The molecular formula is C22H23F2NO4. The third-order valence-electron chi connectivity index (χ3n) is 4.34. The highest BCUT2D eigenvalue weighted by molar-refractivity contribution is 5.31. The van der Waals surface area contributed by atoms with E-state index < -0.39 is 17.7 Å². The van der Waals surface area contributed by atoms with Crippen LogP contribution in [-0.2, 0) is 13.1 Å². The second-order valence-corrected chi connectivity index (χ2v) is 6.63. The Balaban J connectivity index is 1.61. The van der Waals surface area contributed by atoms with Crippen LogP contribution in [-0.4, -0.2) is 36.4 Å². The molecule has 1 heterocycles. The largest absolute Gasteiger partial charge is 0.497 e. The first kappa shape index (κ1) is 20.8. The number of ether oxygens (including phenoxy) is 2. The van der Waals surface area contributed by atoms with E-state index in [4.69, 9.17) is 13.9 Å². The molecule has 0 amide bonds. The summed E-state index contributed by atoms with van der Waals surface area (Å²) in [6, 6.07) is 14.1. The van der Waals surface area contributed by atoms with E-state index in [0.717, 1.165) is 6.07 Å². The lowest BCUT2D eigenvalue weighted by atomic mass is 10.1. The minimum absolute atomic E-state index is 0.0624. The normalized spacial score (nSPS) is 12.2. The molecule has 1 N–H and O–H groups in total. The van der Waals surface area contributed by atoms with Gasteiger partial charge in [-0.1, -0.05) is 6.07 Å². The smallest absolute Gasteiger partial charge is 0.130 e. The van der Waals surface area contributed by atoms with E-state index in [2.05, 4.69) is 0 Å². The highest BCUT2D eigenvalue weighted by Crippen LogP contribution is 2.18. The standard InChI is InChI=1S/C22H23F2NO4/c1-27-19-6-8-20(9-7-19)29-15-18(26)13-25(14-21-3-2-10-28-21)12-16-4-5-17(23)11-22(16)24/h2-11,18,26H,12-15H2,1H3. The molecule has 5 nitrogen and oxygen atoms in total. The number of furan rings is 1. The molecule has 7 heteroatoms. The lowest BCUT2D eigenvalue weighted by Gasteiger charge is -2.24. The minimum atomic E-state index is -0.824. The molecule has 1 aromatic heterocycles. The van der Waals surface area contributed by atoms with Crippen LogP contribution in [0.4, 0.5) is 8.78 Å². The summed E-state index contributed by atoms with van der Waals surface area (Å²) < 4.78 is 43.3. The lowest BCUT2D eigenvalue weighted by molar-refractivity contribution is 0.0600. The van der Waals surface area contributed by atoms with Crippen LogP contribution in [0, 0.1) is 11.6 Å². The summed E-state index contributed by atoms with van der Waals surface area (Å²) >= 11 is 0. The zero-order valence-corrected chi connectivity index (χ0v) is 16.1. The summed E-state index contributed by atoms with van der Waals surface area (Å²) in [5.74, 6) is 0.738. The van der Waals surface area contributed by atoms with Gasteiger partial charge in [-0.25, -0.2) is 8.78 Å². The lowest BCUT2D eigenvalue weighted by Crippen LogP contribution is -2.35. The van der Waals surface area contributed by atoms with E-state index >= 15 is 0 Å². The number of methoxy groups -OCH3 is 1. The summed E-state index contributed by atoms with van der Waals surface area (Å²) in [5.41, 5.74) is 0.334. The first-order valence-corrected chi connectivity index (χ1v) is 9.17. The van der Waals surface area contributed by atoms with Gasteiger partial charge in [0.15, 0.2) is 0 Å². The number of rotatable bonds is 10. The van der Waals surface area contributed by atoms with Crippen LogP contribution in [0.1, 0.15) is 11.3 Å². The van der Waals surface area contributed by atoms with E-state index in [1.165, 1.54) is 12.1 Å². The highest BCUT2D eigenvalue weighted by atomic mass is 19.1. The van der Waals surface area contributed by atoms with Gasteiger partial charge in [0.1, 0.15) is 41.6 Å². The summed E-state index contributed by atoms with van der Waals surface area (Å²) in [6.45, 7) is 0.830. The van der Waals surface area contributed by atoms with Crippen LogP contribution in [0.25, 0.3) is 0 Å². The number of hydrogen-bond acceptors (Lipinski definition) is 5. The summed E-state index contributed by atoms with van der Waals surface area (Å²) in [6.07, 6.45) is 0.727. The second kappa shape index (κ2) is 10.0. The van der Waals surface area contributed by atoms with Crippen LogP contribution in [0.15, 0.2) is 65.3 Å². The number of aliphatic hydroxyl groups excluding tert-OH is 1. The van der Waals surface area contributed by atoms with E-state index in [1.807, 2.05) is 4.90 Å². The molecule has 0 aliphatic heterocycles. The van der Waals surface area contributed by atoms with Gasteiger partial charge in [0.25, 0.3) is 0 Å². The monoisotopic (exact) mass is 403 g/mol. The zero-order chi connectivity index (χ0) is 20.6.